The van der Waals surface area contributed by atoms with E-state index in [9.17, 15) is 4.79 Å². The number of furan rings is 1. The van der Waals surface area contributed by atoms with Crippen molar-refractivity contribution in [2.45, 2.75) is 44.4 Å². The molecule has 1 unspecified atom stereocenters. The van der Waals surface area contributed by atoms with Crippen molar-refractivity contribution in [1.82, 2.24) is 5.32 Å². The van der Waals surface area contributed by atoms with Crippen molar-refractivity contribution in [3.63, 3.8) is 0 Å². The zero-order chi connectivity index (χ0) is 14.5. The molecule has 1 rings (SSSR count). The van der Waals surface area contributed by atoms with Crippen molar-refractivity contribution in [1.29, 1.82) is 0 Å². The first-order chi connectivity index (χ1) is 8.98. The summed E-state index contributed by atoms with van der Waals surface area (Å²) in [4.78, 5) is 10.8. The Hall–Kier alpha value is -0.940. The van der Waals surface area contributed by atoms with Gasteiger partial charge in [0.25, 0.3) is 0 Å². The second-order valence-corrected chi connectivity index (χ2v) is 5.98. The Bertz CT molecular complexity index is 404. The van der Waals surface area contributed by atoms with E-state index < -0.39 is 5.97 Å². The monoisotopic (exact) mass is 285 g/mol. The van der Waals surface area contributed by atoms with Crippen molar-refractivity contribution in [2.75, 3.05) is 12.8 Å². The largest absolute Gasteiger partial charge is 0.475 e. The third-order valence-corrected chi connectivity index (χ3v) is 5.30. The topological polar surface area (TPSA) is 62.5 Å². The van der Waals surface area contributed by atoms with E-state index in [1.807, 2.05) is 18.7 Å². The summed E-state index contributed by atoms with van der Waals surface area (Å²) in [6.45, 7) is 7.26. The zero-order valence-electron chi connectivity index (χ0n) is 12.0. The first-order valence-electron chi connectivity index (χ1n) is 6.59. The lowest BCUT2D eigenvalue weighted by atomic mass is 10.0. The van der Waals surface area contributed by atoms with Gasteiger partial charge in [0.05, 0.1) is 6.04 Å². The van der Waals surface area contributed by atoms with E-state index in [-0.39, 0.29) is 16.5 Å². The molecule has 1 aromatic heterocycles. The first-order valence-corrected chi connectivity index (χ1v) is 7.82. The predicted octanol–water partition coefficient (Wildman–Crippen LogP) is 3.55. The number of carbonyl (C=O) groups is 1. The maximum Gasteiger partial charge on any atom is 0.371 e. The van der Waals surface area contributed by atoms with Crippen LogP contribution in [0.4, 0.5) is 0 Å². The van der Waals surface area contributed by atoms with Crippen molar-refractivity contribution < 1.29 is 14.3 Å². The molecule has 19 heavy (non-hydrogen) atoms. The molecular formula is C14H23NO3S. The molecule has 108 valence electrons. The van der Waals surface area contributed by atoms with Crippen LogP contribution < -0.4 is 5.32 Å². The maximum atomic E-state index is 10.8. The van der Waals surface area contributed by atoms with Crippen LogP contribution in [0.5, 0.6) is 0 Å². The van der Waals surface area contributed by atoms with Crippen molar-refractivity contribution >= 4 is 17.7 Å². The number of carboxylic acid groups (broad SMARTS) is 1. The van der Waals surface area contributed by atoms with Gasteiger partial charge in [0.1, 0.15) is 5.76 Å². The average molecular weight is 285 g/mol. The second-order valence-electron chi connectivity index (χ2n) is 4.70. The Morgan fingerprint density at radius 2 is 2.11 bits per heavy atom. The van der Waals surface area contributed by atoms with E-state index in [2.05, 4.69) is 25.4 Å². The third kappa shape index (κ3) is 4.01. The highest BCUT2D eigenvalue weighted by Crippen LogP contribution is 2.30. The molecule has 1 aromatic rings. The Balaban J connectivity index is 2.63. The predicted molar refractivity (Wildman–Crippen MR) is 78.9 cm³/mol. The van der Waals surface area contributed by atoms with Gasteiger partial charge in [-0.15, -0.1) is 0 Å². The molecule has 0 saturated carbocycles. The molecule has 2 N–H and O–H groups in total. The lowest BCUT2D eigenvalue weighted by Crippen LogP contribution is -2.37. The fraction of sp³-hybridized carbons (Fsp3) is 0.643. The number of carboxylic acids is 1. The number of rotatable bonds is 8. The molecule has 5 heteroatoms. The number of hydrogen-bond acceptors (Lipinski definition) is 4. The molecule has 0 aliphatic carbocycles. The van der Waals surface area contributed by atoms with Crippen LogP contribution in [0.25, 0.3) is 0 Å². The highest BCUT2D eigenvalue weighted by molar-refractivity contribution is 8.00. The van der Waals surface area contributed by atoms with Gasteiger partial charge in [0, 0.05) is 11.3 Å². The minimum Gasteiger partial charge on any atom is -0.475 e. The van der Waals surface area contributed by atoms with E-state index in [0.717, 1.165) is 19.4 Å². The van der Waals surface area contributed by atoms with E-state index in [0.29, 0.717) is 5.76 Å². The van der Waals surface area contributed by atoms with Crippen molar-refractivity contribution in [3.8, 4) is 0 Å². The van der Waals surface area contributed by atoms with Gasteiger partial charge in [-0.1, -0.05) is 13.8 Å². The molecule has 0 bridgehead atoms. The molecule has 4 nitrogen and oxygen atoms in total. The highest BCUT2D eigenvalue weighted by Gasteiger charge is 2.25. The molecule has 1 heterocycles. The van der Waals surface area contributed by atoms with Crippen LogP contribution in [0.15, 0.2) is 16.5 Å². The molecule has 0 amide bonds. The number of thioether (sulfide) groups is 1. The molecule has 0 fully saturated rings. The van der Waals surface area contributed by atoms with Crippen molar-refractivity contribution in [3.05, 3.63) is 23.7 Å². The highest BCUT2D eigenvalue weighted by atomic mass is 32.2. The summed E-state index contributed by atoms with van der Waals surface area (Å²) >= 11 is 1.88. The van der Waals surface area contributed by atoms with Gasteiger partial charge in [-0.2, -0.15) is 11.8 Å². The zero-order valence-corrected chi connectivity index (χ0v) is 12.8. The molecular weight excluding hydrogens is 262 g/mol. The fourth-order valence-electron chi connectivity index (χ4n) is 2.00. The smallest absolute Gasteiger partial charge is 0.371 e. The summed E-state index contributed by atoms with van der Waals surface area (Å²) in [6.07, 6.45) is 4.33. The minimum absolute atomic E-state index is 0.00855. The van der Waals surface area contributed by atoms with Gasteiger partial charge >= 0.3 is 5.97 Å². The second kappa shape index (κ2) is 7.01. The lowest BCUT2D eigenvalue weighted by Gasteiger charge is -2.31. The number of aromatic carboxylic acids is 1. The van der Waals surface area contributed by atoms with E-state index >= 15 is 0 Å². The molecule has 0 spiro atoms. The Morgan fingerprint density at radius 1 is 1.47 bits per heavy atom. The van der Waals surface area contributed by atoms with Gasteiger partial charge < -0.3 is 14.8 Å². The summed E-state index contributed by atoms with van der Waals surface area (Å²) in [5, 5.41) is 12.3. The number of nitrogens with one attached hydrogen (secondary N) is 1. The summed E-state index contributed by atoms with van der Waals surface area (Å²) in [7, 11) is 0. The SMILES string of the molecule is CCC(CC)(CNC(C)c1ccc(C(=O)O)o1)SC. The summed E-state index contributed by atoms with van der Waals surface area (Å²) in [5.74, 6) is -0.371. The normalized spacial score (nSPS) is 13.5. The first kappa shape index (κ1) is 16.1. The summed E-state index contributed by atoms with van der Waals surface area (Å²) in [6, 6.07) is 3.23. The van der Waals surface area contributed by atoms with Gasteiger partial charge in [-0.05, 0) is 38.2 Å². The molecule has 0 saturated heterocycles. The van der Waals surface area contributed by atoms with E-state index in [4.69, 9.17) is 9.52 Å². The van der Waals surface area contributed by atoms with Gasteiger partial charge in [-0.3, -0.25) is 0 Å². The Kier molecular flexibility index (Phi) is 5.94. The van der Waals surface area contributed by atoms with Crippen LogP contribution >= 0.6 is 11.8 Å². The quantitative estimate of drug-likeness (QED) is 0.765. The van der Waals surface area contributed by atoms with Crippen LogP contribution in [0, 0.1) is 0 Å². The molecule has 0 aromatic carbocycles. The Morgan fingerprint density at radius 3 is 2.53 bits per heavy atom. The Labute approximate surface area is 119 Å². The fourth-order valence-corrected chi connectivity index (χ4v) is 2.81. The van der Waals surface area contributed by atoms with Gasteiger partial charge in [0.2, 0.25) is 5.76 Å². The maximum absolute atomic E-state index is 10.8. The molecule has 0 aliphatic rings. The summed E-state index contributed by atoms with van der Waals surface area (Å²) < 4.78 is 5.54. The summed E-state index contributed by atoms with van der Waals surface area (Å²) in [5.41, 5.74) is 0. The average Bonchev–Trinajstić information content (AvgIpc) is 2.90. The number of hydrogen-bond donors (Lipinski definition) is 2. The minimum atomic E-state index is -1.03. The van der Waals surface area contributed by atoms with Crippen LogP contribution in [0.2, 0.25) is 0 Å². The third-order valence-electron chi connectivity index (χ3n) is 3.72. The van der Waals surface area contributed by atoms with Crippen LogP contribution in [0.3, 0.4) is 0 Å². The molecule has 0 aliphatic heterocycles. The van der Waals surface area contributed by atoms with E-state index in [1.54, 1.807) is 6.07 Å². The molecule has 0 radical (unpaired) electrons. The van der Waals surface area contributed by atoms with Crippen molar-refractivity contribution in [2.24, 2.45) is 0 Å². The van der Waals surface area contributed by atoms with Crippen LogP contribution in [-0.2, 0) is 0 Å². The lowest BCUT2D eigenvalue weighted by molar-refractivity contribution is 0.0659. The standard InChI is InChI=1S/C14H23NO3S/c1-5-14(6-2,19-4)9-15-10(3)11-7-8-12(18-11)13(16)17/h7-8,10,15H,5-6,9H2,1-4H3,(H,16,17). The van der Waals surface area contributed by atoms with E-state index in [1.165, 1.54) is 6.07 Å². The van der Waals surface area contributed by atoms with Gasteiger partial charge in [-0.25, -0.2) is 4.79 Å². The van der Waals surface area contributed by atoms with Crippen LogP contribution in [-0.4, -0.2) is 28.6 Å². The molecule has 1 atom stereocenters. The van der Waals surface area contributed by atoms with Crippen LogP contribution in [0.1, 0.15) is 56.0 Å². The van der Waals surface area contributed by atoms with Gasteiger partial charge in [0.15, 0.2) is 0 Å².